The predicted molar refractivity (Wildman–Crippen MR) is 75.6 cm³/mol. The number of aliphatic hydroxyl groups excluding tert-OH is 1. The van der Waals surface area contributed by atoms with Crippen molar-refractivity contribution in [2.75, 3.05) is 19.7 Å². The average molecular weight is 333 g/mol. The molecule has 1 aliphatic rings. The number of thiophene rings is 1. The minimum absolute atomic E-state index is 0.0338. The van der Waals surface area contributed by atoms with Crippen molar-refractivity contribution in [2.24, 2.45) is 5.92 Å². The van der Waals surface area contributed by atoms with Gasteiger partial charge in [0.05, 0.1) is 6.54 Å². The summed E-state index contributed by atoms with van der Waals surface area (Å²) in [6.07, 6.45) is 1.98. The van der Waals surface area contributed by atoms with Crippen LogP contribution in [0.3, 0.4) is 0 Å². The molecule has 1 fully saturated rings. The number of urea groups is 1. The molecule has 1 aromatic rings. The lowest BCUT2D eigenvalue weighted by Gasteiger charge is -2.31. The topological polar surface area (TPSA) is 52.6 Å². The molecule has 1 atom stereocenters. The second-order valence-electron chi connectivity index (χ2n) is 4.49. The molecule has 6 heteroatoms. The van der Waals surface area contributed by atoms with Gasteiger partial charge in [-0.25, -0.2) is 4.79 Å². The zero-order chi connectivity index (χ0) is 13.0. The number of halogens is 1. The molecule has 0 spiro atoms. The van der Waals surface area contributed by atoms with Gasteiger partial charge in [0, 0.05) is 29.0 Å². The second kappa shape index (κ2) is 6.54. The highest BCUT2D eigenvalue weighted by molar-refractivity contribution is 9.10. The highest BCUT2D eigenvalue weighted by Crippen LogP contribution is 2.22. The Labute approximate surface area is 119 Å². The Morgan fingerprint density at radius 2 is 2.50 bits per heavy atom. The fraction of sp³-hybridized carbons (Fsp3) is 0.583. The first-order valence-corrected chi connectivity index (χ1v) is 7.73. The molecular formula is C12H17BrN2O2S. The van der Waals surface area contributed by atoms with Gasteiger partial charge in [0.25, 0.3) is 0 Å². The van der Waals surface area contributed by atoms with Crippen LogP contribution in [0.1, 0.15) is 17.7 Å². The van der Waals surface area contributed by atoms with Crippen molar-refractivity contribution in [3.8, 4) is 0 Å². The molecule has 0 bridgehead atoms. The van der Waals surface area contributed by atoms with Gasteiger partial charge in [-0.3, -0.25) is 0 Å². The minimum atomic E-state index is -0.0338. The van der Waals surface area contributed by atoms with E-state index in [2.05, 4.69) is 21.2 Å². The first-order chi connectivity index (χ1) is 8.70. The largest absolute Gasteiger partial charge is 0.396 e. The summed E-state index contributed by atoms with van der Waals surface area (Å²) >= 11 is 5.07. The maximum Gasteiger partial charge on any atom is 0.317 e. The molecule has 4 nitrogen and oxygen atoms in total. The number of hydrogen-bond donors (Lipinski definition) is 2. The second-order valence-corrected chi connectivity index (χ2v) is 6.34. The van der Waals surface area contributed by atoms with Crippen LogP contribution in [0.15, 0.2) is 15.9 Å². The van der Waals surface area contributed by atoms with Crippen LogP contribution in [-0.2, 0) is 6.54 Å². The van der Waals surface area contributed by atoms with Crippen molar-refractivity contribution in [3.05, 3.63) is 20.8 Å². The SMILES string of the molecule is O=C(NCc1sccc1Br)N1CCC[C@@H](CO)C1. The van der Waals surface area contributed by atoms with Crippen LogP contribution in [0.25, 0.3) is 0 Å². The van der Waals surface area contributed by atoms with Crippen molar-refractivity contribution < 1.29 is 9.90 Å². The predicted octanol–water partition coefficient (Wildman–Crippen LogP) is 2.42. The zero-order valence-electron chi connectivity index (χ0n) is 10.1. The zero-order valence-corrected chi connectivity index (χ0v) is 12.5. The molecule has 2 amide bonds. The molecule has 1 aromatic heterocycles. The van der Waals surface area contributed by atoms with E-state index in [4.69, 9.17) is 5.11 Å². The van der Waals surface area contributed by atoms with Crippen LogP contribution in [0.5, 0.6) is 0 Å². The summed E-state index contributed by atoms with van der Waals surface area (Å²) in [6.45, 7) is 2.17. The van der Waals surface area contributed by atoms with E-state index in [9.17, 15) is 4.79 Å². The molecule has 100 valence electrons. The smallest absolute Gasteiger partial charge is 0.317 e. The molecule has 0 aromatic carbocycles. The molecule has 1 aliphatic heterocycles. The van der Waals surface area contributed by atoms with E-state index in [-0.39, 0.29) is 18.6 Å². The van der Waals surface area contributed by atoms with E-state index >= 15 is 0 Å². The summed E-state index contributed by atoms with van der Waals surface area (Å²) in [4.78, 5) is 14.9. The third-order valence-electron chi connectivity index (χ3n) is 3.16. The van der Waals surface area contributed by atoms with Crippen molar-refractivity contribution >= 4 is 33.3 Å². The molecule has 18 heavy (non-hydrogen) atoms. The van der Waals surface area contributed by atoms with E-state index in [1.54, 1.807) is 16.2 Å². The number of carbonyl (C=O) groups is 1. The number of piperidine rings is 1. The average Bonchev–Trinajstić information content (AvgIpc) is 2.81. The molecule has 0 aliphatic carbocycles. The highest BCUT2D eigenvalue weighted by atomic mass is 79.9. The Morgan fingerprint density at radius 1 is 1.67 bits per heavy atom. The summed E-state index contributed by atoms with van der Waals surface area (Å²) in [5, 5.41) is 14.1. The van der Waals surface area contributed by atoms with Crippen molar-refractivity contribution in [2.45, 2.75) is 19.4 Å². The Bertz CT molecular complexity index is 411. The van der Waals surface area contributed by atoms with E-state index in [0.29, 0.717) is 13.1 Å². The Kier molecular flexibility index (Phi) is 5.03. The Morgan fingerprint density at radius 3 is 3.17 bits per heavy atom. The summed E-state index contributed by atoms with van der Waals surface area (Å²) in [6, 6.07) is 1.95. The van der Waals surface area contributed by atoms with Gasteiger partial charge >= 0.3 is 6.03 Å². The van der Waals surface area contributed by atoms with Gasteiger partial charge < -0.3 is 15.3 Å². The van der Waals surface area contributed by atoms with Gasteiger partial charge in [0.15, 0.2) is 0 Å². The van der Waals surface area contributed by atoms with Gasteiger partial charge in [-0.15, -0.1) is 11.3 Å². The lowest BCUT2D eigenvalue weighted by atomic mass is 9.99. The van der Waals surface area contributed by atoms with Crippen LogP contribution in [0, 0.1) is 5.92 Å². The lowest BCUT2D eigenvalue weighted by molar-refractivity contribution is 0.129. The normalized spacial score (nSPS) is 19.9. The highest BCUT2D eigenvalue weighted by Gasteiger charge is 2.22. The standard InChI is InChI=1S/C12H17BrN2O2S/c13-10-3-5-18-11(10)6-14-12(17)15-4-1-2-9(7-15)8-16/h3,5,9,16H,1-2,4,6-8H2,(H,14,17)/t9-/m1/s1. The van der Waals surface area contributed by atoms with E-state index in [0.717, 1.165) is 28.7 Å². The molecule has 2 heterocycles. The van der Waals surface area contributed by atoms with Crippen LogP contribution < -0.4 is 5.32 Å². The summed E-state index contributed by atoms with van der Waals surface area (Å²) < 4.78 is 1.04. The number of amides is 2. The van der Waals surface area contributed by atoms with Gasteiger partial charge in [0.1, 0.15) is 0 Å². The van der Waals surface area contributed by atoms with Gasteiger partial charge in [-0.1, -0.05) is 0 Å². The monoisotopic (exact) mass is 332 g/mol. The van der Waals surface area contributed by atoms with Gasteiger partial charge in [-0.05, 0) is 46.1 Å². The molecule has 2 N–H and O–H groups in total. The first kappa shape index (κ1) is 13.8. The van der Waals surface area contributed by atoms with Crippen molar-refractivity contribution in [3.63, 3.8) is 0 Å². The number of rotatable bonds is 3. The molecular weight excluding hydrogens is 316 g/mol. The van der Waals surface area contributed by atoms with Crippen LogP contribution in [0.4, 0.5) is 4.79 Å². The summed E-state index contributed by atoms with van der Waals surface area (Å²) in [7, 11) is 0. The number of aliphatic hydroxyl groups is 1. The van der Waals surface area contributed by atoms with E-state index < -0.39 is 0 Å². The third kappa shape index (κ3) is 3.46. The maximum absolute atomic E-state index is 12.0. The van der Waals surface area contributed by atoms with E-state index in [1.165, 1.54) is 0 Å². The molecule has 1 saturated heterocycles. The number of hydrogen-bond acceptors (Lipinski definition) is 3. The maximum atomic E-state index is 12.0. The molecule has 0 saturated carbocycles. The third-order valence-corrected chi connectivity index (χ3v) is 5.08. The van der Waals surface area contributed by atoms with Gasteiger partial charge in [-0.2, -0.15) is 0 Å². The van der Waals surface area contributed by atoms with Crippen LogP contribution >= 0.6 is 27.3 Å². The van der Waals surface area contributed by atoms with E-state index in [1.807, 2.05) is 11.4 Å². The Hall–Kier alpha value is -0.590. The summed E-state index contributed by atoms with van der Waals surface area (Å²) in [5.41, 5.74) is 0. The van der Waals surface area contributed by atoms with Crippen LogP contribution in [-0.4, -0.2) is 35.7 Å². The Balaban J connectivity index is 1.82. The van der Waals surface area contributed by atoms with Crippen molar-refractivity contribution in [1.29, 1.82) is 0 Å². The lowest BCUT2D eigenvalue weighted by Crippen LogP contribution is -2.45. The molecule has 0 unspecified atom stereocenters. The first-order valence-electron chi connectivity index (χ1n) is 6.06. The quantitative estimate of drug-likeness (QED) is 0.893. The number of nitrogens with one attached hydrogen (secondary N) is 1. The number of likely N-dealkylation sites (tertiary alicyclic amines) is 1. The molecule has 0 radical (unpaired) electrons. The van der Waals surface area contributed by atoms with Crippen molar-refractivity contribution in [1.82, 2.24) is 10.2 Å². The fourth-order valence-corrected chi connectivity index (χ4v) is 3.55. The minimum Gasteiger partial charge on any atom is -0.396 e. The number of nitrogens with zero attached hydrogens (tertiary/aromatic N) is 1. The van der Waals surface area contributed by atoms with Crippen LogP contribution in [0.2, 0.25) is 0 Å². The summed E-state index contributed by atoms with van der Waals surface area (Å²) in [5.74, 6) is 0.234. The van der Waals surface area contributed by atoms with Gasteiger partial charge in [0.2, 0.25) is 0 Å². The number of carbonyl (C=O) groups excluding carboxylic acids is 1. The fourth-order valence-electron chi connectivity index (χ4n) is 2.12. The molecule has 2 rings (SSSR count).